The summed E-state index contributed by atoms with van der Waals surface area (Å²) in [6, 6.07) is 4.00. The second kappa shape index (κ2) is 5.69. The van der Waals surface area contributed by atoms with Crippen LogP contribution in [0.15, 0.2) is 18.3 Å². The van der Waals surface area contributed by atoms with Gasteiger partial charge in [0.25, 0.3) is 0 Å². The van der Waals surface area contributed by atoms with E-state index in [0.717, 1.165) is 30.7 Å². The Morgan fingerprint density at radius 1 is 1.20 bits per heavy atom. The van der Waals surface area contributed by atoms with Gasteiger partial charge in [-0.15, -0.1) is 0 Å². The average molecular weight is 339 g/mol. The Kier molecular flexibility index (Phi) is 3.45. The van der Waals surface area contributed by atoms with Crippen molar-refractivity contribution in [2.75, 3.05) is 43.4 Å². The van der Waals surface area contributed by atoms with Gasteiger partial charge >= 0.3 is 0 Å². The number of aromatic nitrogens is 4. The van der Waals surface area contributed by atoms with Crippen LogP contribution >= 0.6 is 0 Å². The molecular weight excluding hydrogens is 314 g/mol. The normalized spacial score (nSPS) is 26.7. The van der Waals surface area contributed by atoms with Gasteiger partial charge in [-0.3, -0.25) is 5.10 Å². The first-order valence-corrected chi connectivity index (χ1v) is 9.28. The van der Waals surface area contributed by atoms with Gasteiger partial charge in [-0.25, -0.2) is 4.98 Å². The zero-order valence-electron chi connectivity index (χ0n) is 14.7. The lowest BCUT2D eigenvalue weighted by Gasteiger charge is -2.23. The monoisotopic (exact) mass is 339 g/mol. The molecular formula is C18H25N7. The quantitative estimate of drug-likeness (QED) is 0.891. The number of aromatic amines is 1. The zero-order chi connectivity index (χ0) is 16.9. The molecule has 1 aliphatic carbocycles. The van der Waals surface area contributed by atoms with Crippen LogP contribution < -0.4 is 10.2 Å². The van der Waals surface area contributed by atoms with E-state index in [0.29, 0.717) is 11.3 Å². The van der Waals surface area contributed by atoms with Crippen molar-refractivity contribution in [2.24, 2.45) is 5.41 Å². The number of anilines is 3. The number of rotatable bonds is 4. The molecule has 3 fully saturated rings. The summed E-state index contributed by atoms with van der Waals surface area (Å²) in [5, 5.41) is 10.8. The second-order valence-electron chi connectivity index (χ2n) is 8.01. The fourth-order valence-corrected chi connectivity index (χ4v) is 4.30. The number of nitrogens with one attached hydrogen (secondary N) is 2. The summed E-state index contributed by atoms with van der Waals surface area (Å²) in [5.74, 6) is 3.15. The molecule has 5 rings (SSSR count). The molecule has 2 saturated heterocycles. The van der Waals surface area contributed by atoms with E-state index in [1.165, 1.54) is 44.5 Å². The maximum atomic E-state index is 4.73. The van der Waals surface area contributed by atoms with E-state index in [-0.39, 0.29) is 0 Å². The molecule has 7 nitrogen and oxygen atoms in total. The van der Waals surface area contributed by atoms with Gasteiger partial charge in [-0.1, -0.05) is 0 Å². The van der Waals surface area contributed by atoms with Gasteiger partial charge in [0, 0.05) is 48.9 Å². The molecule has 1 spiro atoms. The molecule has 25 heavy (non-hydrogen) atoms. The van der Waals surface area contributed by atoms with E-state index in [1.807, 2.05) is 12.3 Å². The first-order valence-electron chi connectivity index (χ1n) is 9.28. The van der Waals surface area contributed by atoms with E-state index in [4.69, 9.17) is 4.98 Å². The molecule has 2 N–H and O–H groups in total. The number of likely N-dealkylation sites (tertiary alicyclic amines) is 1. The standard InChI is InChI=1S/C18H25N7/c1-24-8-5-18(11-24)6-9-25(12-18)17-19-7-4-15(21-17)20-16-10-14(22-23-16)13-2-3-13/h4,7,10,13H,2-3,5-6,8-9,11-12H2,1H3,(H2,19,20,21,22,23). The van der Waals surface area contributed by atoms with E-state index in [2.05, 4.69) is 43.4 Å². The molecule has 2 aliphatic heterocycles. The van der Waals surface area contributed by atoms with Gasteiger partial charge in [-0.05, 0) is 45.3 Å². The van der Waals surface area contributed by atoms with Crippen LogP contribution in [0.5, 0.6) is 0 Å². The fraction of sp³-hybridized carbons (Fsp3) is 0.611. The minimum absolute atomic E-state index is 0.433. The van der Waals surface area contributed by atoms with Crippen LogP contribution in [0.25, 0.3) is 0 Å². The maximum Gasteiger partial charge on any atom is 0.227 e. The number of hydrogen-bond acceptors (Lipinski definition) is 6. The highest BCUT2D eigenvalue weighted by molar-refractivity contribution is 5.54. The third-order valence-corrected chi connectivity index (χ3v) is 5.86. The smallest absolute Gasteiger partial charge is 0.227 e. The van der Waals surface area contributed by atoms with Crippen LogP contribution in [-0.2, 0) is 0 Å². The van der Waals surface area contributed by atoms with Crippen LogP contribution in [-0.4, -0.2) is 58.3 Å². The van der Waals surface area contributed by atoms with E-state index in [9.17, 15) is 0 Å². The molecule has 1 saturated carbocycles. The molecule has 1 atom stereocenters. The van der Waals surface area contributed by atoms with E-state index in [1.54, 1.807) is 0 Å². The lowest BCUT2D eigenvalue weighted by Crippen LogP contribution is -2.30. The predicted octanol–water partition coefficient (Wildman–Crippen LogP) is 2.35. The molecule has 132 valence electrons. The number of H-pyrrole nitrogens is 1. The van der Waals surface area contributed by atoms with Gasteiger partial charge in [0.15, 0.2) is 5.82 Å². The summed E-state index contributed by atoms with van der Waals surface area (Å²) in [5.41, 5.74) is 1.66. The van der Waals surface area contributed by atoms with E-state index < -0.39 is 0 Å². The summed E-state index contributed by atoms with van der Waals surface area (Å²) in [4.78, 5) is 14.0. The van der Waals surface area contributed by atoms with Crippen LogP contribution in [0.4, 0.5) is 17.6 Å². The maximum absolute atomic E-state index is 4.73. The van der Waals surface area contributed by atoms with Gasteiger partial charge in [0.1, 0.15) is 5.82 Å². The first-order chi connectivity index (χ1) is 12.2. The van der Waals surface area contributed by atoms with Crippen LogP contribution in [0.1, 0.15) is 37.3 Å². The van der Waals surface area contributed by atoms with Crippen LogP contribution in [0.2, 0.25) is 0 Å². The van der Waals surface area contributed by atoms with Crippen molar-refractivity contribution in [3.8, 4) is 0 Å². The molecule has 2 aromatic heterocycles. The summed E-state index contributed by atoms with van der Waals surface area (Å²) in [6.07, 6.45) is 6.90. The van der Waals surface area contributed by atoms with Crippen molar-refractivity contribution >= 4 is 17.6 Å². The van der Waals surface area contributed by atoms with Crippen molar-refractivity contribution in [2.45, 2.75) is 31.6 Å². The van der Waals surface area contributed by atoms with Crippen molar-refractivity contribution in [1.82, 2.24) is 25.1 Å². The van der Waals surface area contributed by atoms with Gasteiger partial charge < -0.3 is 15.1 Å². The molecule has 0 radical (unpaired) electrons. The highest BCUT2D eigenvalue weighted by Crippen LogP contribution is 2.40. The van der Waals surface area contributed by atoms with Gasteiger partial charge in [-0.2, -0.15) is 10.1 Å². The van der Waals surface area contributed by atoms with Crippen molar-refractivity contribution in [3.63, 3.8) is 0 Å². The Hall–Kier alpha value is -2.15. The Labute approximate surface area is 147 Å². The zero-order valence-corrected chi connectivity index (χ0v) is 14.7. The van der Waals surface area contributed by atoms with Crippen LogP contribution in [0.3, 0.4) is 0 Å². The third kappa shape index (κ3) is 2.97. The second-order valence-corrected chi connectivity index (χ2v) is 8.01. The topological polar surface area (TPSA) is 73.0 Å². The van der Waals surface area contributed by atoms with Crippen LogP contribution in [0, 0.1) is 5.41 Å². The fourth-order valence-electron chi connectivity index (χ4n) is 4.30. The van der Waals surface area contributed by atoms with Crippen molar-refractivity contribution in [1.29, 1.82) is 0 Å². The summed E-state index contributed by atoms with van der Waals surface area (Å²) in [7, 11) is 2.22. The van der Waals surface area contributed by atoms with E-state index >= 15 is 0 Å². The van der Waals surface area contributed by atoms with Gasteiger partial charge in [0.05, 0.1) is 0 Å². The molecule has 0 aromatic carbocycles. The first kappa shape index (κ1) is 15.1. The largest absolute Gasteiger partial charge is 0.340 e. The van der Waals surface area contributed by atoms with Crippen molar-refractivity contribution < 1.29 is 0 Å². The molecule has 1 unspecified atom stereocenters. The lowest BCUT2D eigenvalue weighted by molar-refractivity contribution is 0.312. The lowest BCUT2D eigenvalue weighted by atomic mass is 9.86. The molecule has 7 heteroatoms. The summed E-state index contributed by atoms with van der Waals surface area (Å²) >= 11 is 0. The van der Waals surface area contributed by atoms with Crippen molar-refractivity contribution in [3.05, 3.63) is 24.0 Å². The highest BCUT2D eigenvalue weighted by atomic mass is 15.3. The highest BCUT2D eigenvalue weighted by Gasteiger charge is 2.43. The Morgan fingerprint density at radius 3 is 2.88 bits per heavy atom. The Bertz CT molecular complexity index is 768. The summed E-state index contributed by atoms with van der Waals surface area (Å²) in [6.45, 7) is 4.51. The molecule has 3 aliphatic rings. The Morgan fingerprint density at radius 2 is 2.08 bits per heavy atom. The predicted molar refractivity (Wildman–Crippen MR) is 97.3 cm³/mol. The minimum atomic E-state index is 0.433. The molecule has 0 bridgehead atoms. The number of nitrogens with zero attached hydrogens (tertiary/aromatic N) is 5. The average Bonchev–Trinajstić information content (AvgIpc) is 3.05. The summed E-state index contributed by atoms with van der Waals surface area (Å²) < 4.78 is 0. The molecule has 4 heterocycles. The molecule has 0 amide bonds. The minimum Gasteiger partial charge on any atom is -0.340 e. The number of hydrogen-bond donors (Lipinski definition) is 2. The molecule has 2 aromatic rings. The SMILES string of the molecule is CN1CCC2(CCN(c3nccc(Nc4cc(C5CC5)[nH]n4)n3)C2)C1. The Balaban J connectivity index is 1.29. The third-order valence-electron chi connectivity index (χ3n) is 5.86. The van der Waals surface area contributed by atoms with Gasteiger partial charge in [0.2, 0.25) is 5.95 Å².